The summed E-state index contributed by atoms with van der Waals surface area (Å²) in [5.41, 5.74) is 0. The van der Waals surface area contributed by atoms with Gasteiger partial charge in [0.2, 0.25) is 0 Å². The summed E-state index contributed by atoms with van der Waals surface area (Å²) in [4.78, 5) is 25.1. The summed E-state index contributed by atoms with van der Waals surface area (Å²) < 4.78 is 0. The van der Waals surface area contributed by atoms with Crippen molar-refractivity contribution in [2.75, 3.05) is 26.7 Å². The van der Waals surface area contributed by atoms with Gasteiger partial charge in [0.25, 0.3) is 0 Å². The lowest BCUT2D eigenvalue weighted by Crippen LogP contribution is -2.41. The second-order valence-corrected chi connectivity index (χ2v) is 2.69. The van der Waals surface area contributed by atoms with Crippen molar-refractivity contribution >= 4 is 12.1 Å². The molecule has 0 aromatic heterocycles. The topological polar surface area (TPSA) is 52.7 Å². The monoisotopic (exact) mass is 171 g/mol. The number of amides is 4. The molecule has 1 saturated heterocycles. The van der Waals surface area contributed by atoms with Gasteiger partial charge in [-0.05, 0) is 6.92 Å². The average molecular weight is 171 g/mol. The van der Waals surface area contributed by atoms with Crippen LogP contribution in [0.15, 0.2) is 0 Å². The van der Waals surface area contributed by atoms with Crippen LogP contribution in [0.5, 0.6) is 0 Å². The van der Waals surface area contributed by atoms with Gasteiger partial charge >= 0.3 is 12.1 Å². The third kappa shape index (κ3) is 1.49. The normalized spacial score (nSPS) is 17.0. The van der Waals surface area contributed by atoms with Crippen LogP contribution in [-0.2, 0) is 0 Å². The van der Waals surface area contributed by atoms with E-state index in [0.29, 0.717) is 19.6 Å². The van der Waals surface area contributed by atoms with E-state index in [9.17, 15) is 9.59 Å². The minimum absolute atomic E-state index is 0.221. The maximum absolute atomic E-state index is 11.2. The summed E-state index contributed by atoms with van der Waals surface area (Å²) in [5.74, 6) is 0. The number of imide groups is 1. The highest BCUT2D eigenvalue weighted by Crippen LogP contribution is 2.05. The molecule has 0 aromatic carbocycles. The van der Waals surface area contributed by atoms with E-state index in [2.05, 4.69) is 5.32 Å². The minimum Gasteiger partial charge on any atom is -0.338 e. The Labute approximate surface area is 71.3 Å². The molecule has 0 atom stereocenters. The Bertz CT molecular complexity index is 205. The predicted octanol–water partition coefficient (Wildman–Crippen LogP) is 0.0833. The molecule has 0 radical (unpaired) electrons. The van der Waals surface area contributed by atoms with E-state index in [-0.39, 0.29) is 12.1 Å². The van der Waals surface area contributed by atoms with Crippen LogP contribution in [0.1, 0.15) is 6.92 Å². The van der Waals surface area contributed by atoms with Gasteiger partial charge in [-0.2, -0.15) is 0 Å². The van der Waals surface area contributed by atoms with Crippen molar-refractivity contribution in [3.63, 3.8) is 0 Å². The number of carbonyl (C=O) groups is 2. The quantitative estimate of drug-likeness (QED) is 0.607. The number of rotatable bonds is 1. The fourth-order valence-corrected chi connectivity index (χ4v) is 1.08. The largest absolute Gasteiger partial charge is 0.338 e. The van der Waals surface area contributed by atoms with E-state index in [1.165, 1.54) is 9.80 Å². The summed E-state index contributed by atoms with van der Waals surface area (Å²) in [6.45, 7) is 3.48. The van der Waals surface area contributed by atoms with Gasteiger partial charge in [0.05, 0.1) is 0 Å². The molecule has 5 nitrogen and oxygen atoms in total. The molecule has 0 saturated carbocycles. The van der Waals surface area contributed by atoms with Crippen LogP contribution in [0, 0.1) is 0 Å². The zero-order valence-electron chi connectivity index (χ0n) is 7.33. The lowest BCUT2D eigenvalue weighted by Gasteiger charge is -2.13. The van der Waals surface area contributed by atoms with Gasteiger partial charge < -0.3 is 10.2 Å². The first-order valence-electron chi connectivity index (χ1n) is 3.97. The van der Waals surface area contributed by atoms with E-state index < -0.39 is 0 Å². The van der Waals surface area contributed by atoms with Crippen LogP contribution in [-0.4, -0.2) is 48.5 Å². The molecule has 5 heteroatoms. The Morgan fingerprint density at radius 2 is 2.25 bits per heavy atom. The molecule has 0 unspecified atom stereocenters. The highest BCUT2D eigenvalue weighted by atomic mass is 16.2. The molecule has 0 bridgehead atoms. The van der Waals surface area contributed by atoms with Crippen molar-refractivity contribution in [3.8, 4) is 0 Å². The molecular formula is C7H13N3O2. The standard InChI is InChI=1S/C7H13N3O2/c1-3-8-6(11)10-5-4-9(2)7(10)12/h3-5H2,1-2H3,(H,8,11). The summed E-state index contributed by atoms with van der Waals surface area (Å²) >= 11 is 0. The first-order valence-corrected chi connectivity index (χ1v) is 3.97. The van der Waals surface area contributed by atoms with Crippen molar-refractivity contribution in [2.45, 2.75) is 6.92 Å². The molecule has 1 rings (SSSR count). The van der Waals surface area contributed by atoms with Crippen molar-refractivity contribution in [1.29, 1.82) is 0 Å². The molecule has 1 heterocycles. The van der Waals surface area contributed by atoms with E-state index in [4.69, 9.17) is 0 Å². The van der Waals surface area contributed by atoms with Gasteiger partial charge in [-0.25, -0.2) is 14.5 Å². The first kappa shape index (κ1) is 8.83. The van der Waals surface area contributed by atoms with Crippen LogP contribution in [0.3, 0.4) is 0 Å². The molecule has 1 fully saturated rings. The van der Waals surface area contributed by atoms with E-state index >= 15 is 0 Å². The Kier molecular flexibility index (Phi) is 2.52. The van der Waals surface area contributed by atoms with Gasteiger partial charge in [0.1, 0.15) is 0 Å². The second-order valence-electron chi connectivity index (χ2n) is 2.69. The fraction of sp³-hybridized carbons (Fsp3) is 0.714. The highest BCUT2D eigenvalue weighted by Gasteiger charge is 2.29. The van der Waals surface area contributed by atoms with Crippen molar-refractivity contribution < 1.29 is 9.59 Å². The molecule has 0 aliphatic carbocycles. The molecule has 0 spiro atoms. The van der Waals surface area contributed by atoms with Crippen LogP contribution in [0.4, 0.5) is 9.59 Å². The average Bonchev–Trinajstić information content (AvgIpc) is 2.34. The second kappa shape index (κ2) is 3.42. The van der Waals surface area contributed by atoms with Crippen LogP contribution in [0.2, 0.25) is 0 Å². The zero-order valence-corrected chi connectivity index (χ0v) is 7.33. The smallest absolute Gasteiger partial charge is 0.328 e. The zero-order chi connectivity index (χ0) is 9.14. The highest BCUT2D eigenvalue weighted by molar-refractivity contribution is 5.94. The Morgan fingerprint density at radius 3 is 2.67 bits per heavy atom. The Balaban J connectivity index is 2.53. The van der Waals surface area contributed by atoms with Crippen LogP contribution in [0.25, 0.3) is 0 Å². The van der Waals surface area contributed by atoms with Gasteiger partial charge in [-0.15, -0.1) is 0 Å². The van der Waals surface area contributed by atoms with E-state index in [1.807, 2.05) is 6.92 Å². The molecule has 1 aliphatic rings. The van der Waals surface area contributed by atoms with Crippen molar-refractivity contribution in [2.24, 2.45) is 0 Å². The van der Waals surface area contributed by atoms with Crippen molar-refractivity contribution in [1.82, 2.24) is 15.1 Å². The summed E-state index contributed by atoms with van der Waals surface area (Å²) in [7, 11) is 1.68. The number of nitrogens with zero attached hydrogens (tertiary/aromatic N) is 2. The third-order valence-electron chi connectivity index (χ3n) is 1.79. The van der Waals surface area contributed by atoms with Crippen LogP contribution < -0.4 is 5.32 Å². The molecule has 1 N–H and O–H groups in total. The number of urea groups is 2. The Morgan fingerprint density at radius 1 is 1.58 bits per heavy atom. The lowest BCUT2D eigenvalue weighted by molar-refractivity contribution is 0.189. The number of likely N-dealkylation sites (N-methyl/N-ethyl adjacent to an activating group) is 1. The molecule has 0 aromatic rings. The maximum atomic E-state index is 11.2. The predicted molar refractivity (Wildman–Crippen MR) is 43.8 cm³/mol. The summed E-state index contributed by atoms with van der Waals surface area (Å²) in [5, 5.41) is 2.58. The molecule has 4 amide bonds. The van der Waals surface area contributed by atoms with E-state index in [0.717, 1.165) is 0 Å². The summed E-state index contributed by atoms with van der Waals surface area (Å²) in [6, 6.07) is -0.521. The Hall–Kier alpha value is -1.26. The van der Waals surface area contributed by atoms with Gasteiger partial charge in [-0.3, -0.25) is 0 Å². The minimum atomic E-state index is -0.299. The van der Waals surface area contributed by atoms with Crippen molar-refractivity contribution in [3.05, 3.63) is 0 Å². The number of carbonyl (C=O) groups excluding carboxylic acids is 2. The molecule has 68 valence electrons. The number of hydrogen-bond donors (Lipinski definition) is 1. The third-order valence-corrected chi connectivity index (χ3v) is 1.79. The SMILES string of the molecule is CCNC(=O)N1CCN(C)C1=O. The molecule has 1 aliphatic heterocycles. The number of hydrogen-bond acceptors (Lipinski definition) is 2. The fourth-order valence-electron chi connectivity index (χ4n) is 1.08. The van der Waals surface area contributed by atoms with Gasteiger partial charge in [0.15, 0.2) is 0 Å². The van der Waals surface area contributed by atoms with Gasteiger partial charge in [0, 0.05) is 26.7 Å². The maximum Gasteiger partial charge on any atom is 0.328 e. The van der Waals surface area contributed by atoms with E-state index in [1.54, 1.807) is 7.05 Å². The van der Waals surface area contributed by atoms with Gasteiger partial charge in [-0.1, -0.05) is 0 Å². The molecular weight excluding hydrogens is 158 g/mol. The first-order chi connectivity index (χ1) is 5.66. The number of nitrogens with one attached hydrogen (secondary N) is 1. The van der Waals surface area contributed by atoms with Crippen LogP contribution >= 0.6 is 0 Å². The molecule has 12 heavy (non-hydrogen) atoms. The lowest BCUT2D eigenvalue weighted by atomic mass is 10.6. The summed E-state index contributed by atoms with van der Waals surface area (Å²) in [6.07, 6.45) is 0.